The summed E-state index contributed by atoms with van der Waals surface area (Å²) >= 11 is 0. The van der Waals surface area contributed by atoms with Gasteiger partial charge in [-0.3, -0.25) is 19.4 Å². The van der Waals surface area contributed by atoms with Crippen molar-refractivity contribution in [2.45, 2.75) is 26.8 Å². The van der Waals surface area contributed by atoms with Gasteiger partial charge in [-0.2, -0.15) is 0 Å². The van der Waals surface area contributed by atoms with Gasteiger partial charge in [0, 0.05) is 12.6 Å². The Bertz CT molecular complexity index is 880. The fraction of sp³-hybridized carbons (Fsp3) is 0.467. The summed E-state index contributed by atoms with van der Waals surface area (Å²) < 4.78 is 3.30. The van der Waals surface area contributed by atoms with E-state index in [-0.39, 0.29) is 0 Å². The van der Waals surface area contributed by atoms with Crippen LogP contribution in [-0.2, 0) is 9.59 Å². The smallest absolute Gasteiger partial charge is 0.368 e. The number of aliphatic imine (C=N–C) groups is 1. The number of imide groups is 1. The van der Waals surface area contributed by atoms with Crippen molar-refractivity contribution >= 4 is 29.6 Å². The van der Waals surface area contributed by atoms with Gasteiger partial charge in [0.05, 0.1) is 12.7 Å². The lowest BCUT2D eigenvalue weighted by molar-refractivity contribution is -0.507. The monoisotopic (exact) mass is 346 g/mol. The number of fused-ring (bicyclic) bond motifs is 1. The van der Waals surface area contributed by atoms with Crippen LogP contribution in [0.5, 0.6) is 0 Å². The van der Waals surface area contributed by atoms with Crippen molar-refractivity contribution in [3.8, 4) is 0 Å². The minimum atomic E-state index is -0.804. The molecule has 1 unspecified atom stereocenters. The van der Waals surface area contributed by atoms with Crippen LogP contribution in [0.1, 0.15) is 17.0 Å². The number of likely N-dealkylation sites (N-methyl/N-ethyl adjacent to an activating group) is 2. The molecule has 2 aliphatic rings. The number of nitrogens with zero attached hydrogens (tertiary/aromatic N) is 6. The van der Waals surface area contributed by atoms with Crippen LogP contribution in [-0.4, -0.2) is 80.5 Å². The summed E-state index contributed by atoms with van der Waals surface area (Å²) in [7, 11) is 3.21. The molecule has 25 heavy (non-hydrogen) atoms. The average Bonchev–Trinajstić information content (AvgIpc) is 3.01. The molecule has 3 rings (SSSR count). The second-order valence-corrected chi connectivity index (χ2v) is 6.22. The predicted octanol–water partition coefficient (Wildman–Crippen LogP) is -1.19. The summed E-state index contributed by atoms with van der Waals surface area (Å²) in [5.41, 5.74) is 7.95. The van der Waals surface area contributed by atoms with Gasteiger partial charge >= 0.3 is 12.0 Å². The number of amidine groups is 1. The van der Waals surface area contributed by atoms with Gasteiger partial charge in [0.2, 0.25) is 17.8 Å². The number of aryl methyl sites for hydroxylation is 1. The largest absolute Gasteiger partial charge is 0.421 e. The topological polar surface area (TPSA) is 117 Å². The average molecular weight is 346 g/mol. The molecule has 4 amide bonds. The van der Waals surface area contributed by atoms with Crippen LogP contribution in [0.3, 0.4) is 0 Å². The molecule has 1 aromatic heterocycles. The van der Waals surface area contributed by atoms with E-state index >= 15 is 0 Å². The van der Waals surface area contributed by atoms with Crippen LogP contribution >= 0.6 is 0 Å². The van der Waals surface area contributed by atoms with E-state index < -0.39 is 30.4 Å². The van der Waals surface area contributed by atoms with E-state index in [0.717, 1.165) is 21.9 Å². The van der Waals surface area contributed by atoms with Crippen molar-refractivity contribution in [2.75, 3.05) is 20.6 Å². The molecule has 0 aromatic carbocycles. The molecule has 0 aliphatic carbocycles. The maximum atomic E-state index is 12.7. The third kappa shape index (κ3) is 2.32. The Morgan fingerprint density at radius 1 is 1.28 bits per heavy atom. The van der Waals surface area contributed by atoms with Gasteiger partial charge in [-0.25, -0.2) is 9.37 Å². The van der Waals surface area contributed by atoms with E-state index in [4.69, 9.17) is 5.73 Å². The second kappa shape index (κ2) is 5.50. The number of carbonyl (C=O) groups is 3. The third-order valence-electron chi connectivity index (χ3n) is 4.68. The number of aromatic nitrogens is 2. The Labute approximate surface area is 144 Å². The molecular weight excluding hydrogens is 326 g/mol. The third-order valence-corrected chi connectivity index (χ3v) is 4.68. The lowest BCUT2D eigenvalue weighted by Crippen LogP contribution is -2.63. The quantitative estimate of drug-likeness (QED) is 0.678. The summed E-state index contributed by atoms with van der Waals surface area (Å²) in [6.45, 7) is 5.30. The molecular formula is C15H20N7O3+. The van der Waals surface area contributed by atoms with Crippen molar-refractivity contribution in [2.24, 2.45) is 10.7 Å². The van der Waals surface area contributed by atoms with Gasteiger partial charge < -0.3 is 5.73 Å². The Morgan fingerprint density at radius 2 is 1.92 bits per heavy atom. The minimum absolute atomic E-state index is 0.304. The van der Waals surface area contributed by atoms with Crippen molar-refractivity contribution in [3.63, 3.8) is 0 Å². The van der Waals surface area contributed by atoms with Crippen LogP contribution in [0.4, 0.5) is 4.79 Å². The van der Waals surface area contributed by atoms with Gasteiger partial charge in [-0.05, 0) is 20.8 Å². The summed E-state index contributed by atoms with van der Waals surface area (Å²) in [5, 5.41) is 4.46. The van der Waals surface area contributed by atoms with Crippen LogP contribution in [0, 0.1) is 20.8 Å². The zero-order valence-corrected chi connectivity index (χ0v) is 14.8. The fourth-order valence-corrected chi connectivity index (χ4v) is 3.00. The molecule has 1 aromatic rings. The first kappa shape index (κ1) is 16.8. The number of carbonyl (C=O) groups excluding carboxylic acids is 3. The molecule has 132 valence electrons. The first-order chi connectivity index (χ1) is 11.6. The standard InChI is InChI=1S/C15H19N7O3/c1-7-8(2)18-22(9(7)3)14-17-12-11(19(14)4)13(24)21(6-10(16)23)15(25)20(12)5/h11H,6H2,1-5H3,(H-,16,23)/p+1. The molecule has 1 fully saturated rings. The predicted molar refractivity (Wildman–Crippen MR) is 88.3 cm³/mol. The van der Waals surface area contributed by atoms with Crippen molar-refractivity contribution in [3.05, 3.63) is 17.0 Å². The van der Waals surface area contributed by atoms with E-state index in [1.54, 1.807) is 16.3 Å². The lowest BCUT2D eigenvalue weighted by atomic mass is 10.1. The highest BCUT2D eigenvalue weighted by molar-refractivity contribution is 6.23. The van der Waals surface area contributed by atoms with Crippen LogP contribution in [0.15, 0.2) is 4.99 Å². The van der Waals surface area contributed by atoms with Gasteiger partial charge in [0.15, 0.2) is 0 Å². The van der Waals surface area contributed by atoms with Crippen molar-refractivity contribution in [1.82, 2.24) is 19.6 Å². The number of amides is 4. The summed E-state index contributed by atoms with van der Waals surface area (Å²) in [4.78, 5) is 42.9. The van der Waals surface area contributed by atoms with E-state index in [1.165, 1.54) is 11.9 Å². The summed E-state index contributed by atoms with van der Waals surface area (Å²) in [5.74, 6) is -0.535. The highest BCUT2D eigenvalue weighted by Crippen LogP contribution is 2.21. The molecule has 3 heterocycles. The Kier molecular flexibility index (Phi) is 3.70. The second-order valence-electron chi connectivity index (χ2n) is 6.22. The van der Waals surface area contributed by atoms with Crippen molar-refractivity contribution < 1.29 is 19.0 Å². The number of hydrogen-bond donors (Lipinski definition) is 1. The molecule has 0 spiro atoms. The van der Waals surface area contributed by atoms with E-state index in [0.29, 0.717) is 11.8 Å². The van der Waals surface area contributed by atoms with Gasteiger partial charge in [0.25, 0.3) is 5.91 Å². The van der Waals surface area contributed by atoms with Crippen LogP contribution < -0.4 is 5.73 Å². The van der Waals surface area contributed by atoms with E-state index in [9.17, 15) is 14.4 Å². The van der Waals surface area contributed by atoms with Gasteiger partial charge in [-0.15, -0.1) is 9.78 Å². The zero-order chi connectivity index (χ0) is 18.6. The number of nitrogens with two attached hydrogens (primary N) is 1. The van der Waals surface area contributed by atoms with Gasteiger partial charge in [-0.1, -0.05) is 4.99 Å². The molecule has 10 nitrogen and oxygen atoms in total. The SMILES string of the molecule is Cc1nn(C2=[N+](C)C3C(=O)N(CC(N)=O)C(=O)N(C)C3=N2)c(C)c1C. The Balaban J connectivity index is 2.10. The first-order valence-electron chi connectivity index (χ1n) is 7.74. The fourth-order valence-electron chi connectivity index (χ4n) is 3.00. The number of urea groups is 1. The highest BCUT2D eigenvalue weighted by Gasteiger charge is 2.52. The first-order valence-corrected chi connectivity index (χ1v) is 7.74. The Hall–Kier alpha value is -3.04. The summed E-state index contributed by atoms with van der Waals surface area (Å²) in [6, 6.07) is -1.43. The van der Waals surface area contributed by atoms with Gasteiger partial charge in [0.1, 0.15) is 12.2 Å². The lowest BCUT2D eigenvalue weighted by Gasteiger charge is -2.32. The number of rotatable bonds is 2. The Morgan fingerprint density at radius 3 is 2.44 bits per heavy atom. The van der Waals surface area contributed by atoms with Crippen LogP contribution in [0.2, 0.25) is 0 Å². The molecule has 2 N–H and O–H groups in total. The molecule has 2 aliphatic heterocycles. The maximum Gasteiger partial charge on any atom is 0.421 e. The normalized spacial score (nSPS) is 20.4. The zero-order valence-electron chi connectivity index (χ0n) is 14.8. The molecule has 0 saturated carbocycles. The molecule has 10 heteroatoms. The molecule has 1 saturated heterocycles. The molecule has 1 atom stereocenters. The number of hydrogen-bond acceptors (Lipinski definition) is 5. The van der Waals surface area contributed by atoms with E-state index in [2.05, 4.69) is 10.1 Å². The van der Waals surface area contributed by atoms with Crippen LogP contribution in [0.25, 0.3) is 0 Å². The molecule has 0 radical (unpaired) electrons. The minimum Gasteiger partial charge on any atom is -0.368 e. The number of primary amides is 1. The molecule has 0 bridgehead atoms. The van der Waals surface area contributed by atoms with E-state index in [1.807, 2.05) is 20.8 Å². The van der Waals surface area contributed by atoms with Crippen molar-refractivity contribution in [1.29, 1.82) is 0 Å². The maximum absolute atomic E-state index is 12.7. The summed E-state index contributed by atoms with van der Waals surface area (Å²) in [6.07, 6.45) is 0. The highest BCUT2D eigenvalue weighted by atomic mass is 16.2.